The van der Waals surface area contributed by atoms with Crippen LogP contribution in [-0.2, 0) is 0 Å². The molecule has 0 fully saturated rings. The van der Waals surface area contributed by atoms with Gasteiger partial charge in [-0.3, -0.25) is 0 Å². The van der Waals surface area contributed by atoms with Gasteiger partial charge in [0.25, 0.3) is 0 Å². The summed E-state index contributed by atoms with van der Waals surface area (Å²) in [6.45, 7) is 0. The van der Waals surface area contributed by atoms with Crippen molar-refractivity contribution in [2.75, 3.05) is 0 Å². The molecule has 0 N–H and O–H groups in total. The number of nitriles is 2. The smallest absolute Gasteiger partial charge is 0.246 e. The van der Waals surface area contributed by atoms with Crippen molar-refractivity contribution in [2.45, 2.75) is 11.2 Å². The van der Waals surface area contributed by atoms with Crippen molar-refractivity contribution in [1.29, 1.82) is 10.5 Å². The van der Waals surface area contributed by atoms with Crippen LogP contribution in [0.1, 0.15) is 11.1 Å². The van der Waals surface area contributed by atoms with Crippen LogP contribution in [-0.4, -0.2) is 11.2 Å². The molecule has 8 heteroatoms. The van der Waals surface area contributed by atoms with Gasteiger partial charge in [0, 0.05) is 6.08 Å². The number of allylic oxidation sites excluding steroid dienone is 2. The fourth-order valence-corrected chi connectivity index (χ4v) is 2.40. The molecule has 1 aromatic rings. The number of halogens is 5. The summed E-state index contributed by atoms with van der Waals surface area (Å²) in [6, 6.07) is 7.43. The van der Waals surface area contributed by atoms with Crippen molar-refractivity contribution >= 4 is 23.2 Å². The lowest BCUT2D eigenvalue weighted by molar-refractivity contribution is 0.126. The molecule has 0 amide bonds. The second kappa shape index (κ2) is 5.92. The van der Waals surface area contributed by atoms with Gasteiger partial charge in [-0.25, -0.2) is 13.2 Å². The number of rotatable bonds is 2. The number of ether oxygens (including phenoxy) is 1. The van der Waals surface area contributed by atoms with E-state index >= 15 is 0 Å². The average molecular weight is 345 g/mol. The number of hydrogen-bond donors (Lipinski definition) is 0. The molecule has 2 unspecified atom stereocenters. The van der Waals surface area contributed by atoms with Gasteiger partial charge in [0.1, 0.15) is 28.5 Å². The van der Waals surface area contributed by atoms with E-state index in [-0.39, 0.29) is 23.0 Å². The van der Waals surface area contributed by atoms with E-state index in [1.54, 1.807) is 12.1 Å². The quantitative estimate of drug-likeness (QED) is 0.748. The Hall–Kier alpha value is -2.15. The third-order valence-electron chi connectivity index (χ3n) is 2.82. The highest BCUT2D eigenvalue weighted by Crippen LogP contribution is 2.42. The maximum Gasteiger partial charge on any atom is 0.246 e. The third kappa shape index (κ3) is 2.76. The molecule has 0 radical (unpaired) electrons. The molecule has 1 aliphatic carbocycles. The number of hydrogen-bond acceptors (Lipinski definition) is 3. The van der Waals surface area contributed by atoms with Crippen molar-refractivity contribution < 1.29 is 17.9 Å². The predicted octanol–water partition coefficient (Wildman–Crippen LogP) is 4.37. The van der Waals surface area contributed by atoms with Crippen LogP contribution in [0, 0.1) is 22.7 Å². The number of alkyl halides is 2. The van der Waals surface area contributed by atoms with Gasteiger partial charge in [-0.15, -0.1) is 0 Å². The lowest BCUT2D eigenvalue weighted by Gasteiger charge is -2.29. The largest absolute Gasteiger partial charge is 0.478 e. The summed E-state index contributed by atoms with van der Waals surface area (Å²) >= 11 is 11.0. The lowest BCUT2D eigenvalue weighted by atomic mass is 10.1. The SMILES string of the molecule is N#Cc1cccc(OC2C(Cl)=C(F)C(F)=CC2(F)Cl)c1C#N. The van der Waals surface area contributed by atoms with Crippen molar-refractivity contribution in [3.8, 4) is 17.9 Å². The van der Waals surface area contributed by atoms with E-state index in [0.717, 1.165) is 0 Å². The first kappa shape index (κ1) is 16.2. The molecular weight excluding hydrogens is 340 g/mol. The van der Waals surface area contributed by atoms with Crippen LogP contribution in [0.2, 0.25) is 0 Å². The van der Waals surface area contributed by atoms with E-state index in [4.69, 9.17) is 38.5 Å². The van der Waals surface area contributed by atoms with E-state index in [9.17, 15) is 13.2 Å². The molecule has 0 bridgehead atoms. The molecule has 0 aromatic heterocycles. The Kier molecular flexibility index (Phi) is 4.37. The molecule has 0 spiro atoms. The average Bonchev–Trinajstić information content (AvgIpc) is 2.48. The summed E-state index contributed by atoms with van der Waals surface area (Å²) in [7, 11) is 0. The van der Waals surface area contributed by atoms with Gasteiger partial charge < -0.3 is 4.74 Å². The Bertz CT molecular complexity index is 775. The molecule has 3 nitrogen and oxygen atoms in total. The Morgan fingerprint density at radius 2 is 1.91 bits per heavy atom. The molecule has 2 rings (SSSR count). The van der Waals surface area contributed by atoms with Crippen LogP contribution in [0.15, 0.2) is 41.0 Å². The molecule has 1 aliphatic rings. The predicted molar refractivity (Wildman–Crippen MR) is 73.2 cm³/mol. The third-order valence-corrected chi connectivity index (χ3v) is 3.49. The van der Waals surface area contributed by atoms with Gasteiger partial charge in [0.05, 0.1) is 5.56 Å². The lowest BCUT2D eigenvalue weighted by Crippen LogP contribution is -2.39. The monoisotopic (exact) mass is 344 g/mol. The van der Waals surface area contributed by atoms with Crippen LogP contribution >= 0.6 is 23.2 Å². The normalized spacial score (nSPS) is 24.3. The fourth-order valence-electron chi connectivity index (χ4n) is 1.80. The molecule has 1 aromatic carbocycles. The maximum absolute atomic E-state index is 14.2. The molecule has 0 saturated carbocycles. The minimum Gasteiger partial charge on any atom is -0.478 e. The second-order valence-electron chi connectivity index (χ2n) is 4.23. The van der Waals surface area contributed by atoms with Crippen molar-refractivity contribution in [2.24, 2.45) is 0 Å². The number of nitrogens with zero attached hydrogens (tertiary/aromatic N) is 2. The van der Waals surface area contributed by atoms with Crippen LogP contribution < -0.4 is 4.74 Å². The van der Waals surface area contributed by atoms with Gasteiger partial charge in [0.15, 0.2) is 17.8 Å². The fraction of sp³-hybridized carbons (Fsp3) is 0.143. The van der Waals surface area contributed by atoms with E-state index in [0.29, 0.717) is 0 Å². The zero-order chi connectivity index (χ0) is 16.5. The molecule has 22 heavy (non-hydrogen) atoms. The van der Waals surface area contributed by atoms with Crippen LogP contribution in [0.5, 0.6) is 5.75 Å². The molecule has 0 saturated heterocycles. The highest BCUT2D eigenvalue weighted by atomic mass is 35.5. The molecular formula is C14H5Cl2F3N2O. The molecule has 112 valence electrons. The highest BCUT2D eigenvalue weighted by Gasteiger charge is 2.46. The summed E-state index contributed by atoms with van der Waals surface area (Å²) in [5.41, 5.74) is -0.227. The summed E-state index contributed by atoms with van der Waals surface area (Å²) in [5.74, 6) is -3.28. The first-order chi connectivity index (χ1) is 10.3. The number of benzene rings is 1. The molecule has 0 aliphatic heterocycles. The van der Waals surface area contributed by atoms with Crippen molar-refractivity contribution in [1.82, 2.24) is 0 Å². The Balaban J connectivity index is 2.48. The summed E-state index contributed by atoms with van der Waals surface area (Å²) in [4.78, 5) is 0. The van der Waals surface area contributed by atoms with Gasteiger partial charge >= 0.3 is 0 Å². The summed E-state index contributed by atoms with van der Waals surface area (Å²) in [5, 5.41) is 14.1. The topological polar surface area (TPSA) is 56.8 Å². The maximum atomic E-state index is 14.2. The zero-order valence-electron chi connectivity index (χ0n) is 10.6. The first-order valence-corrected chi connectivity index (χ1v) is 6.49. The van der Waals surface area contributed by atoms with Crippen molar-refractivity contribution in [3.05, 3.63) is 52.1 Å². The van der Waals surface area contributed by atoms with Crippen molar-refractivity contribution in [3.63, 3.8) is 0 Å². The summed E-state index contributed by atoms with van der Waals surface area (Å²) in [6.07, 6.45) is -1.72. The van der Waals surface area contributed by atoms with E-state index in [1.165, 1.54) is 18.2 Å². The van der Waals surface area contributed by atoms with Crippen LogP contribution in [0.3, 0.4) is 0 Å². The second-order valence-corrected chi connectivity index (χ2v) is 5.22. The van der Waals surface area contributed by atoms with E-state index in [1.807, 2.05) is 0 Å². The Morgan fingerprint density at radius 3 is 2.50 bits per heavy atom. The van der Waals surface area contributed by atoms with Gasteiger partial charge in [-0.1, -0.05) is 29.3 Å². The van der Waals surface area contributed by atoms with Gasteiger partial charge in [0.2, 0.25) is 5.13 Å². The van der Waals surface area contributed by atoms with Gasteiger partial charge in [-0.2, -0.15) is 10.5 Å². The van der Waals surface area contributed by atoms with E-state index in [2.05, 4.69) is 0 Å². The van der Waals surface area contributed by atoms with Gasteiger partial charge in [-0.05, 0) is 12.1 Å². The Morgan fingerprint density at radius 1 is 1.23 bits per heavy atom. The Labute approximate surface area is 133 Å². The van der Waals surface area contributed by atoms with E-state index < -0.39 is 27.9 Å². The van der Waals surface area contributed by atoms with Crippen LogP contribution in [0.25, 0.3) is 0 Å². The summed E-state index contributed by atoms with van der Waals surface area (Å²) < 4.78 is 46.0. The standard InChI is InChI=1S/C14H5Cl2F3N2O/c15-11-12(18)9(17)4-14(16,19)13(11)22-10-3-1-2-7(5-20)8(10)6-21/h1-4,13H. The zero-order valence-corrected chi connectivity index (χ0v) is 12.1. The first-order valence-electron chi connectivity index (χ1n) is 5.73. The minimum atomic E-state index is -2.95. The molecule has 0 heterocycles. The highest BCUT2D eigenvalue weighted by molar-refractivity contribution is 6.33. The minimum absolute atomic E-state index is 0.0304. The molecule has 2 atom stereocenters. The van der Waals surface area contributed by atoms with Crippen LogP contribution in [0.4, 0.5) is 13.2 Å².